The molecule has 0 fully saturated rings. The van der Waals surface area contributed by atoms with Crippen molar-refractivity contribution in [2.75, 3.05) is 0 Å². The Balaban J connectivity index is 2.06. The summed E-state index contributed by atoms with van der Waals surface area (Å²) < 4.78 is 2.35. The largest absolute Gasteiger partial charge is 0.312 e. The molecule has 2 aromatic carbocycles. The summed E-state index contributed by atoms with van der Waals surface area (Å²) in [5.41, 5.74) is 6.56. The molecule has 0 saturated heterocycles. The molecule has 20 heavy (non-hydrogen) atoms. The molecule has 2 nitrogen and oxygen atoms in total. The molecule has 0 aliphatic carbocycles. The van der Waals surface area contributed by atoms with Crippen molar-refractivity contribution in [3.63, 3.8) is 0 Å². The van der Waals surface area contributed by atoms with Gasteiger partial charge in [0.2, 0.25) is 0 Å². The van der Waals surface area contributed by atoms with Gasteiger partial charge < -0.3 is 9.88 Å². The van der Waals surface area contributed by atoms with Crippen LogP contribution in [0.4, 0.5) is 0 Å². The Morgan fingerprint density at radius 3 is 2.65 bits per heavy atom. The molecule has 1 aromatic heterocycles. The summed E-state index contributed by atoms with van der Waals surface area (Å²) in [5, 5.41) is 5.59. The predicted octanol–water partition coefficient (Wildman–Crippen LogP) is 4.20. The maximum absolute atomic E-state index is 6.01. The molecular formula is C17H15ClN2. The Hall–Kier alpha value is -1.77. The summed E-state index contributed by atoms with van der Waals surface area (Å²) in [6, 6.07) is 14.8. The highest BCUT2D eigenvalue weighted by Crippen LogP contribution is 2.33. The van der Waals surface area contributed by atoms with Gasteiger partial charge in [0, 0.05) is 34.9 Å². The van der Waals surface area contributed by atoms with Crippen molar-refractivity contribution in [1.29, 1.82) is 0 Å². The van der Waals surface area contributed by atoms with Crippen LogP contribution in [-0.2, 0) is 13.1 Å². The first-order valence-electron chi connectivity index (χ1n) is 6.83. The first-order valence-corrected chi connectivity index (χ1v) is 7.21. The highest BCUT2D eigenvalue weighted by atomic mass is 35.5. The first-order chi connectivity index (χ1) is 9.74. The van der Waals surface area contributed by atoms with Gasteiger partial charge in [-0.1, -0.05) is 23.2 Å². The average Bonchev–Trinajstić information content (AvgIpc) is 3.01. The molecule has 0 radical (unpaired) electrons. The maximum atomic E-state index is 6.01. The van der Waals surface area contributed by atoms with E-state index in [0.29, 0.717) is 0 Å². The van der Waals surface area contributed by atoms with Gasteiger partial charge in [-0.25, -0.2) is 0 Å². The Morgan fingerprint density at radius 2 is 1.85 bits per heavy atom. The van der Waals surface area contributed by atoms with Crippen LogP contribution >= 0.6 is 11.6 Å². The van der Waals surface area contributed by atoms with Crippen LogP contribution in [-0.4, -0.2) is 4.57 Å². The molecule has 0 atom stereocenters. The molecule has 1 aliphatic rings. The van der Waals surface area contributed by atoms with Crippen molar-refractivity contribution in [1.82, 2.24) is 9.88 Å². The molecule has 0 unspecified atom stereocenters. The molecule has 4 rings (SSSR count). The molecule has 0 bridgehead atoms. The minimum absolute atomic E-state index is 0.774. The molecule has 0 saturated carbocycles. The number of hydrogen-bond donors (Lipinski definition) is 1. The Kier molecular flexibility index (Phi) is 2.62. The van der Waals surface area contributed by atoms with Gasteiger partial charge in [-0.3, -0.25) is 0 Å². The monoisotopic (exact) mass is 282 g/mol. The fraction of sp³-hybridized carbons (Fsp3) is 0.176. The van der Waals surface area contributed by atoms with E-state index in [2.05, 4.69) is 47.1 Å². The lowest BCUT2D eigenvalue weighted by Crippen LogP contribution is -2.06. The number of fused-ring (bicyclic) bond motifs is 3. The molecule has 1 N–H and O–H groups in total. The van der Waals surface area contributed by atoms with Crippen molar-refractivity contribution < 1.29 is 0 Å². The molecule has 0 spiro atoms. The van der Waals surface area contributed by atoms with Gasteiger partial charge in [-0.2, -0.15) is 0 Å². The van der Waals surface area contributed by atoms with Crippen molar-refractivity contribution >= 4 is 22.5 Å². The minimum atomic E-state index is 0.774. The smallest absolute Gasteiger partial charge is 0.0535 e. The van der Waals surface area contributed by atoms with Crippen LogP contribution in [0, 0.1) is 6.92 Å². The second kappa shape index (κ2) is 4.37. The zero-order chi connectivity index (χ0) is 13.7. The molecule has 0 amide bonds. The lowest BCUT2D eigenvalue weighted by atomic mass is 10.1. The fourth-order valence-corrected chi connectivity index (χ4v) is 3.22. The van der Waals surface area contributed by atoms with E-state index in [4.69, 9.17) is 11.6 Å². The van der Waals surface area contributed by atoms with Crippen LogP contribution in [0.25, 0.3) is 16.6 Å². The fourth-order valence-electron chi connectivity index (χ4n) is 3.10. The third-order valence-electron chi connectivity index (χ3n) is 4.02. The van der Waals surface area contributed by atoms with Gasteiger partial charge in [0.1, 0.15) is 0 Å². The standard InChI is InChI=1S/C17H15ClN2/c1-11-2-7-16-14(8-11)15-9-19-10-17(15)20(16)13-5-3-12(18)4-6-13/h2-8,19H,9-10H2,1H3. The zero-order valence-corrected chi connectivity index (χ0v) is 12.0. The second-order valence-electron chi connectivity index (χ2n) is 5.36. The third kappa shape index (κ3) is 1.69. The average molecular weight is 283 g/mol. The maximum Gasteiger partial charge on any atom is 0.0535 e. The van der Waals surface area contributed by atoms with Gasteiger partial charge >= 0.3 is 0 Å². The summed E-state index contributed by atoms with van der Waals surface area (Å²) in [4.78, 5) is 0. The summed E-state index contributed by atoms with van der Waals surface area (Å²) >= 11 is 6.01. The van der Waals surface area contributed by atoms with Crippen LogP contribution in [0.2, 0.25) is 5.02 Å². The summed E-state index contributed by atoms with van der Waals surface area (Å²) in [5.74, 6) is 0. The Bertz CT molecular complexity index is 800. The van der Waals surface area contributed by atoms with E-state index < -0.39 is 0 Å². The van der Waals surface area contributed by atoms with Crippen LogP contribution in [0.15, 0.2) is 42.5 Å². The first kappa shape index (κ1) is 12.0. The number of halogens is 1. The third-order valence-corrected chi connectivity index (χ3v) is 4.27. The van der Waals surface area contributed by atoms with E-state index in [-0.39, 0.29) is 0 Å². The highest BCUT2D eigenvalue weighted by molar-refractivity contribution is 6.30. The topological polar surface area (TPSA) is 17.0 Å². The number of nitrogens with zero attached hydrogens (tertiary/aromatic N) is 1. The highest BCUT2D eigenvalue weighted by Gasteiger charge is 2.21. The van der Waals surface area contributed by atoms with Gasteiger partial charge in [0.15, 0.2) is 0 Å². The van der Waals surface area contributed by atoms with Gasteiger partial charge in [-0.15, -0.1) is 0 Å². The predicted molar refractivity (Wildman–Crippen MR) is 83.6 cm³/mol. The normalized spacial score (nSPS) is 13.9. The molecule has 3 aromatic rings. The van der Waals surface area contributed by atoms with Crippen LogP contribution in [0.3, 0.4) is 0 Å². The number of aromatic nitrogens is 1. The van der Waals surface area contributed by atoms with Crippen LogP contribution < -0.4 is 5.32 Å². The van der Waals surface area contributed by atoms with Gasteiger partial charge in [-0.05, 0) is 48.9 Å². The van der Waals surface area contributed by atoms with Gasteiger partial charge in [0.25, 0.3) is 0 Å². The van der Waals surface area contributed by atoms with E-state index in [1.807, 2.05) is 12.1 Å². The summed E-state index contributed by atoms with van der Waals surface area (Å²) in [7, 11) is 0. The minimum Gasteiger partial charge on any atom is -0.312 e. The van der Waals surface area contributed by atoms with Crippen molar-refractivity contribution in [2.24, 2.45) is 0 Å². The molecule has 100 valence electrons. The van der Waals surface area contributed by atoms with Crippen molar-refractivity contribution in [2.45, 2.75) is 20.0 Å². The molecular weight excluding hydrogens is 268 g/mol. The molecule has 2 heterocycles. The van der Waals surface area contributed by atoms with E-state index in [9.17, 15) is 0 Å². The lowest BCUT2D eigenvalue weighted by Gasteiger charge is -2.10. The quantitative estimate of drug-likeness (QED) is 0.708. The summed E-state index contributed by atoms with van der Waals surface area (Å²) in [6.07, 6.45) is 0. The Morgan fingerprint density at radius 1 is 1.05 bits per heavy atom. The van der Waals surface area contributed by atoms with Gasteiger partial charge in [0.05, 0.1) is 5.52 Å². The molecule has 3 heteroatoms. The lowest BCUT2D eigenvalue weighted by molar-refractivity contribution is 0.747. The van der Waals surface area contributed by atoms with Crippen LogP contribution in [0.5, 0.6) is 0 Å². The van der Waals surface area contributed by atoms with Crippen LogP contribution in [0.1, 0.15) is 16.8 Å². The summed E-state index contributed by atoms with van der Waals surface area (Å²) in [6.45, 7) is 4.02. The Labute approximate surface area is 123 Å². The van der Waals surface area contributed by atoms with E-state index in [1.54, 1.807) is 0 Å². The molecule has 1 aliphatic heterocycles. The van der Waals surface area contributed by atoms with E-state index in [1.165, 1.54) is 33.4 Å². The van der Waals surface area contributed by atoms with E-state index >= 15 is 0 Å². The zero-order valence-electron chi connectivity index (χ0n) is 11.3. The van der Waals surface area contributed by atoms with E-state index in [0.717, 1.165) is 18.1 Å². The van der Waals surface area contributed by atoms with Crippen molar-refractivity contribution in [3.05, 3.63) is 64.3 Å². The number of aryl methyl sites for hydroxylation is 1. The number of hydrogen-bond acceptors (Lipinski definition) is 1. The van der Waals surface area contributed by atoms with Crippen molar-refractivity contribution in [3.8, 4) is 5.69 Å². The number of rotatable bonds is 1. The SMILES string of the molecule is Cc1ccc2c(c1)c1c(n2-c2ccc(Cl)cc2)CNC1. The second-order valence-corrected chi connectivity index (χ2v) is 5.80. The number of benzene rings is 2. The number of nitrogens with one attached hydrogen (secondary N) is 1.